The highest BCUT2D eigenvalue weighted by atomic mass is 35.5. The molecule has 3 aliphatic heterocycles. The van der Waals surface area contributed by atoms with Gasteiger partial charge in [0.05, 0.1) is 12.7 Å². The first-order valence-corrected chi connectivity index (χ1v) is 18.2. The Hall–Kier alpha value is -4.41. The van der Waals surface area contributed by atoms with Gasteiger partial charge in [-0.25, -0.2) is 0 Å². The van der Waals surface area contributed by atoms with Crippen molar-refractivity contribution in [3.05, 3.63) is 101 Å². The van der Waals surface area contributed by atoms with Crippen molar-refractivity contribution in [2.24, 2.45) is 0 Å². The molecule has 1 spiro atoms. The summed E-state index contributed by atoms with van der Waals surface area (Å²) >= 11 is 6.20. The van der Waals surface area contributed by atoms with E-state index in [1.54, 1.807) is 34.1 Å². The largest absolute Gasteiger partial charge is 0.352 e. The van der Waals surface area contributed by atoms with Gasteiger partial charge in [-0.15, -0.1) is 0 Å². The SMILES string of the molecule is O=C(CN1CN(c2ccccc2)C2(CCN(C(=O)[C@H](NC(=O)[C@@H]3Cc4ccccc4CN3)c3ccc(Cl)cc3)CC2)C1=O)NC1CCCCC1. The zero-order valence-corrected chi connectivity index (χ0v) is 29.0. The number of amides is 4. The molecule has 3 aromatic carbocycles. The van der Waals surface area contributed by atoms with Crippen LogP contribution in [0.3, 0.4) is 0 Å². The Labute approximate surface area is 298 Å². The molecule has 3 aromatic rings. The maximum absolute atomic E-state index is 14.3. The molecular weight excluding hydrogens is 652 g/mol. The summed E-state index contributed by atoms with van der Waals surface area (Å²) in [5.74, 6) is -0.685. The number of fused-ring (bicyclic) bond motifs is 1. The monoisotopic (exact) mass is 696 g/mol. The maximum Gasteiger partial charge on any atom is 0.250 e. The van der Waals surface area contributed by atoms with Gasteiger partial charge in [0.15, 0.2) is 0 Å². The standard InChI is InChI=1S/C39H45ClN6O4/c40-30-17-15-27(16-18-30)35(43-36(48)33-23-28-9-7-8-10-29(28)24-41-33)37(49)44-21-19-39(20-22-44)38(50)45(26-46(39)32-13-5-2-6-14-32)25-34(47)42-31-11-3-1-4-12-31/h2,5-10,13-18,31,33,35,41H,1,3-4,11-12,19-26H2,(H,42,47)(H,43,48)/t33-,35+/m0/s1. The summed E-state index contributed by atoms with van der Waals surface area (Å²) in [6.45, 7) is 1.53. The number of likely N-dealkylation sites (tertiary alicyclic amines) is 1. The molecule has 262 valence electrons. The maximum atomic E-state index is 14.3. The molecule has 0 aromatic heterocycles. The first-order valence-electron chi connectivity index (χ1n) is 17.9. The van der Waals surface area contributed by atoms with E-state index in [1.807, 2.05) is 48.5 Å². The molecule has 1 saturated carbocycles. The third-order valence-electron chi connectivity index (χ3n) is 10.9. The minimum absolute atomic E-state index is 0.00735. The molecule has 10 nitrogen and oxygen atoms in total. The van der Waals surface area contributed by atoms with Crippen molar-refractivity contribution in [1.29, 1.82) is 0 Å². The number of hydrogen-bond donors (Lipinski definition) is 3. The average molecular weight is 697 g/mol. The molecule has 3 fully saturated rings. The van der Waals surface area contributed by atoms with Crippen molar-refractivity contribution < 1.29 is 19.2 Å². The van der Waals surface area contributed by atoms with Crippen LogP contribution in [0.15, 0.2) is 78.9 Å². The first-order chi connectivity index (χ1) is 24.3. The molecule has 1 aliphatic carbocycles. The summed E-state index contributed by atoms with van der Waals surface area (Å²) in [5, 5.41) is 10.1. The minimum Gasteiger partial charge on any atom is -0.352 e. The molecule has 4 aliphatic rings. The highest BCUT2D eigenvalue weighted by Gasteiger charge is 2.54. The van der Waals surface area contributed by atoms with Gasteiger partial charge in [0.2, 0.25) is 17.7 Å². The van der Waals surface area contributed by atoms with E-state index in [0.29, 0.717) is 56.2 Å². The van der Waals surface area contributed by atoms with Crippen LogP contribution >= 0.6 is 11.6 Å². The summed E-state index contributed by atoms with van der Waals surface area (Å²) in [5.41, 5.74) is 2.94. The molecule has 2 saturated heterocycles. The summed E-state index contributed by atoms with van der Waals surface area (Å²) in [4.78, 5) is 61.0. The zero-order valence-electron chi connectivity index (χ0n) is 28.3. The lowest BCUT2D eigenvalue weighted by Gasteiger charge is -2.44. The molecule has 4 amide bonds. The molecule has 3 N–H and O–H groups in total. The molecule has 0 bridgehead atoms. The smallest absolute Gasteiger partial charge is 0.250 e. The van der Waals surface area contributed by atoms with E-state index in [9.17, 15) is 19.2 Å². The van der Waals surface area contributed by atoms with Gasteiger partial charge in [-0.05, 0) is 73.1 Å². The second kappa shape index (κ2) is 14.8. The summed E-state index contributed by atoms with van der Waals surface area (Å²) in [6, 6.07) is 23.6. The molecule has 11 heteroatoms. The third kappa shape index (κ3) is 7.09. The lowest BCUT2D eigenvalue weighted by atomic mass is 9.85. The normalized spacial score (nSPS) is 21.1. The fourth-order valence-electron chi connectivity index (χ4n) is 8.12. The lowest BCUT2D eigenvalue weighted by Crippen LogP contribution is -2.59. The van der Waals surface area contributed by atoms with Gasteiger partial charge in [0.25, 0.3) is 5.91 Å². The van der Waals surface area contributed by atoms with Crippen molar-refractivity contribution in [2.45, 2.75) is 81.6 Å². The fraction of sp³-hybridized carbons (Fsp3) is 0.436. The van der Waals surface area contributed by atoms with Crippen molar-refractivity contribution in [3.8, 4) is 0 Å². The van der Waals surface area contributed by atoms with E-state index < -0.39 is 17.6 Å². The molecule has 0 radical (unpaired) electrons. The van der Waals surface area contributed by atoms with Crippen LogP contribution in [0.25, 0.3) is 0 Å². The molecular formula is C39H45ClN6O4. The van der Waals surface area contributed by atoms with Crippen LogP contribution in [0.5, 0.6) is 0 Å². The topological polar surface area (TPSA) is 114 Å². The molecule has 3 heterocycles. The summed E-state index contributed by atoms with van der Waals surface area (Å²) < 4.78 is 0. The molecule has 7 rings (SSSR count). The molecule has 0 unspecified atom stereocenters. The predicted molar refractivity (Wildman–Crippen MR) is 192 cm³/mol. The Balaban J connectivity index is 1.07. The van der Waals surface area contributed by atoms with Crippen LogP contribution in [-0.4, -0.2) is 77.4 Å². The van der Waals surface area contributed by atoms with Crippen molar-refractivity contribution in [3.63, 3.8) is 0 Å². The van der Waals surface area contributed by atoms with E-state index in [4.69, 9.17) is 11.6 Å². The Morgan fingerprint density at radius 1 is 0.880 bits per heavy atom. The Morgan fingerprint density at radius 3 is 2.28 bits per heavy atom. The van der Waals surface area contributed by atoms with Gasteiger partial charge >= 0.3 is 0 Å². The quantitative estimate of drug-likeness (QED) is 0.323. The van der Waals surface area contributed by atoms with Crippen LogP contribution in [0, 0.1) is 0 Å². The minimum atomic E-state index is -0.919. The van der Waals surface area contributed by atoms with E-state index in [0.717, 1.165) is 36.9 Å². The van der Waals surface area contributed by atoms with E-state index in [2.05, 4.69) is 26.9 Å². The number of piperidine rings is 1. The van der Waals surface area contributed by atoms with Crippen LogP contribution in [-0.2, 0) is 32.1 Å². The second-order valence-corrected chi connectivity index (χ2v) is 14.5. The van der Waals surface area contributed by atoms with Crippen molar-refractivity contribution in [2.75, 3.05) is 31.2 Å². The molecule has 2 atom stereocenters. The lowest BCUT2D eigenvalue weighted by molar-refractivity contribution is -0.142. The van der Waals surface area contributed by atoms with Crippen LogP contribution in [0.1, 0.15) is 67.7 Å². The molecule has 50 heavy (non-hydrogen) atoms. The number of rotatable bonds is 8. The van der Waals surface area contributed by atoms with Gasteiger partial charge in [0, 0.05) is 36.4 Å². The number of benzene rings is 3. The van der Waals surface area contributed by atoms with E-state index in [-0.39, 0.29) is 36.2 Å². The fourth-order valence-corrected chi connectivity index (χ4v) is 8.25. The Morgan fingerprint density at radius 2 is 1.56 bits per heavy atom. The highest BCUT2D eigenvalue weighted by Crippen LogP contribution is 2.40. The summed E-state index contributed by atoms with van der Waals surface area (Å²) in [7, 11) is 0. The number of halogens is 1. The van der Waals surface area contributed by atoms with Crippen LogP contribution in [0.4, 0.5) is 5.69 Å². The number of nitrogens with one attached hydrogen (secondary N) is 3. The number of carbonyl (C=O) groups is 4. The Bertz CT molecular complexity index is 1700. The predicted octanol–water partition coefficient (Wildman–Crippen LogP) is 4.33. The first kappa shape index (κ1) is 34.1. The highest BCUT2D eigenvalue weighted by molar-refractivity contribution is 6.30. The summed E-state index contributed by atoms with van der Waals surface area (Å²) in [6.07, 6.45) is 6.71. The van der Waals surface area contributed by atoms with Crippen LogP contribution < -0.4 is 20.9 Å². The number of hydrogen-bond acceptors (Lipinski definition) is 6. The van der Waals surface area contributed by atoms with Crippen LogP contribution in [0.2, 0.25) is 5.02 Å². The van der Waals surface area contributed by atoms with Gasteiger partial charge in [-0.3, -0.25) is 19.2 Å². The van der Waals surface area contributed by atoms with Gasteiger partial charge in [-0.1, -0.05) is 85.5 Å². The number of nitrogens with zero attached hydrogens (tertiary/aromatic N) is 3. The number of para-hydroxylation sites is 1. The zero-order chi connectivity index (χ0) is 34.7. The average Bonchev–Trinajstić information content (AvgIpc) is 3.40. The van der Waals surface area contributed by atoms with Crippen molar-refractivity contribution in [1.82, 2.24) is 25.8 Å². The van der Waals surface area contributed by atoms with E-state index >= 15 is 0 Å². The van der Waals surface area contributed by atoms with Gasteiger partial charge < -0.3 is 30.7 Å². The number of anilines is 1. The van der Waals surface area contributed by atoms with Gasteiger partial charge in [0.1, 0.15) is 18.1 Å². The van der Waals surface area contributed by atoms with E-state index in [1.165, 1.54) is 12.0 Å². The van der Waals surface area contributed by atoms with Gasteiger partial charge in [-0.2, -0.15) is 0 Å². The second-order valence-electron chi connectivity index (χ2n) is 14.1. The van der Waals surface area contributed by atoms with Crippen molar-refractivity contribution >= 4 is 40.9 Å². The third-order valence-corrected chi connectivity index (χ3v) is 11.2. The number of carbonyl (C=O) groups excluding carboxylic acids is 4. The Kier molecular flexibility index (Phi) is 10.1.